The molecule has 64 valence electrons. The van der Waals surface area contributed by atoms with E-state index in [-0.39, 0.29) is 0 Å². The molecule has 2 aromatic heterocycles. The van der Waals surface area contributed by atoms with Gasteiger partial charge in [0.25, 0.3) is 0 Å². The summed E-state index contributed by atoms with van der Waals surface area (Å²) in [6.07, 6.45) is 7.31. The minimum absolute atomic E-state index is 1.14. The van der Waals surface area contributed by atoms with E-state index in [9.17, 15) is 0 Å². The fraction of sp³-hybridized carbons (Fsp3) is 0.0909. The van der Waals surface area contributed by atoms with Gasteiger partial charge in [-0.05, 0) is 30.2 Å². The summed E-state index contributed by atoms with van der Waals surface area (Å²) in [7, 11) is 0. The Hall–Kier alpha value is -1.70. The molecule has 0 amide bonds. The molecule has 2 heterocycles. The average Bonchev–Trinajstić information content (AvgIpc) is 2.20. The molecule has 2 heteroatoms. The first-order valence-electron chi connectivity index (χ1n) is 4.19. The van der Waals surface area contributed by atoms with Gasteiger partial charge in [-0.1, -0.05) is 6.07 Å². The molecule has 0 aliphatic rings. The van der Waals surface area contributed by atoms with Crippen molar-refractivity contribution in [2.75, 3.05) is 0 Å². The number of hydrogen-bond acceptors (Lipinski definition) is 2. The van der Waals surface area contributed by atoms with E-state index in [0.29, 0.717) is 0 Å². The van der Waals surface area contributed by atoms with E-state index in [2.05, 4.69) is 23.0 Å². The van der Waals surface area contributed by atoms with Crippen molar-refractivity contribution in [2.45, 2.75) is 6.92 Å². The molecule has 13 heavy (non-hydrogen) atoms. The van der Waals surface area contributed by atoms with Crippen molar-refractivity contribution < 1.29 is 0 Å². The normalized spacial score (nSPS) is 9.92. The van der Waals surface area contributed by atoms with Gasteiger partial charge >= 0.3 is 0 Å². The Labute approximate surface area is 77.3 Å². The first-order valence-corrected chi connectivity index (χ1v) is 4.19. The van der Waals surface area contributed by atoms with Gasteiger partial charge in [-0.3, -0.25) is 9.97 Å². The summed E-state index contributed by atoms with van der Waals surface area (Å²) in [6, 6.07) is 6.00. The lowest BCUT2D eigenvalue weighted by Crippen LogP contribution is -1.84. The van der Waals surface area contributed by atoms with Gasteiger partial charge in [-0.25, -0.2) is 0 Å². The van der Waals surface area contributed by atoms with Crippen LogP contribution in [0, 0.1) is 6.92 Å². The molecule has 0 aliphatic carbocycles. The lowest BCUT2D eigenvalue weighted by Gasteiger charge is -2.02. The molecule has 0 aromatic carbocycles. The summed E-state index contributed by atoms with van der Waals surface area (Å²) in [4.78, 5) is 8.13. The van der Waals surface area contributed by atoms with Gasteiger partial charge in [0.2, 0.25) is 0 Å². The predicted molar refractivity (Wildman–Crippen MR) is 52.2 cm³/mol. The molecule has 0 bridgehead atoms. The van der Waals surface area contributed by atoms with E-state index < -0.39 is 0 Å². The predicted octanol–water partition coefficient (Wildman–Crippen LogP) is 2.45. The van der Waals surface area contributed by atoms with Crippen LogP contribution in [-0.4, -0.2) is 9.97 Å². The van der Waals surface area contributed by atoms with Crippen molar-refractivity contribution in [1.82, 2.24) is 9.97 Å². The van der Waals surface area contributed by atoms with Crippen LogP contribution in [0.1, 0.15) is 5.56 Å². The Balaban J connectivity index is 2.54. The minimum Gasteiger partial charge on any atom is -0.264 e. The monoisotopic (exact) mass is 170 g/mol. The third-order valence-electron chi connectivity index (χ3n) is 1.99. The number of aryl methyl sites for hydroxylation is 1. The second-order valence-corrected chi connectivity index (χ2v) is 2.93. The lowest BCUT2D eigenvalue weighted by atomic mass is 10.1. The second kappa shape index (κ2) is 3.35. The molecule has 0 N–H and O–H groups in total. The topological polar surface area (TPSA) is 25.8 Å². The maximum atomic E-state index is 4.08. The van der Waals surface area contributed by atoms with Crippen molar-refractivity contribution in [3.63, 3.8) is 0 Å². The number of rotatable bonds is 1. The minimum atomic E-state index is 1.14. The van der Waals surface area contributed by atoms with E-state index in [1.807, 2.05) is 24.5 Å². The SMILES string of the molecule is Cc1cnccc1-c1cccnc1. The van der Waals surface area contributed by atoms with Crippen LogP contribution in [-0.2, 0) is 0 Å². The molecule has 2 aromatic rings. The Morgan fingerprint density at radius 1 is 1.00 bits per heavy atom. The molecule has 0 spiro atoms. The second-order valence-electron chi connectivity index (χ2n) is 2.93. The van der Waals surface area contributed by atoms with Crippen LogP contribution < -0.4 is 0 Å². The number of aromatic nitrogens is 2. The molecular weight excluding hydrogens is 160 g/mol. The van der Waals surface area contributed by atoms with Gasteiger partial charge in [0, 0.05) is 30.4 Å². The van der Waals surface area contributed by atoms with Crippen LogP contribution in [0.3, 0.4) is 0 Å². The van der Waals surface area contributed by atoms with Crippen LogP contribution in [0.15, 0.2) is 43.0 Å². The summed E-state index contributed by atoms with van der Waals surface area (Å²) < 4.78 is 0. The molecule has 0 aliphatic heterocycles. The first kappa shape index (κ1) is 7.92. The molecule has 0 saturated carbocycles. The zero-order chi connectivity index (χ0) is 9.10. The fourth-order valence-electron chi connectivity index (χ4n) is 1.32. The van der Waals surface area contributed by atoms with E-state index in [1.54, 1.807) is 12.4 Å². The molecule has 0 unspecified atom stereocenters. The van der Waals surface area contributed by atoms with Crippen LogP contribution >= 0.6 is 0 Å². The van der Waals surface area contributed by atoms with Crippen molar-refractivity contribution in [3.05, 3.63) is 48.5 Å². The van der Waals surface area contributed by atoms with E-state index >= 15 is 0 Å². The maximum Gasteiger partial charge on any atom is 0.0346 e. The largest absolute Gasteiger partial charge is 0.264 e. The highest BCUT2D eigenvalue weighted by atomic mass is 14.6. The summed E-state index contributed by atoms with van der Waals surface area (Å²) >= 11 is 0. The van der Waals surface area contributed by atoms with Gasteiger partial charge in [-0.2, -0.15) is 0 Å². The quantitative estimate of drug-likeness (QED) is 0.657. The van der Waals surface area contributed by atoms with Gasteiger partial charge in [0.05, 0.1) is 0 Å². The smallest absolute Gasteiger partial charge is 0.0346 e. The molecule has 2 nitrogen and oxygen atoms in total. The summed E-state index contributed by atoms with van der Waals surface area (Å²) in [5.74, 6) is 0. The average molecular weight is 170 g/mol. The number of hydrogen-bond donors (Lipinski definition) is 0. The highest BCUT2D eigenvalue weighted by Gasteiger charge is 1.99. The molecular formula is C11H10N2. The standard InChI is InChI=1S/C11H10N2/c1-9-7-13-6-4-11(9)10-3-2-5-12-8-10/h2-8H,1H3. The van der Waals surface area contributed by atoms with Crippen LogP contribution in [0.25, 0.3) is 11.1 Å². The maximum absolute atomic E-state index is 4.08. The van der Waals surface area contributed by atoms with Crippen LogP contribution in [0.4, 0.5) is 0 Å². The number of nitrogens with zero attached hydrogens (tertiary/aromatic N) is 2. The van der Waals surface area contributed by atoms with Gasteiger partial charge < -0.3 is 0 Å². The van der Waals surface area contributed by atoms with Gasteiger partial charge in [0.15, 0.2) is 0 Å². The zero-order valence-electron chi connectivity index (χ0n) is 7.44. The van der Waals surface area contributed by atoms with Crippen LogP contribution in [0.5, 0.6) is 0 Å². The molecule has 0 fully saturated rings. The van der Waals surface area contributed by atoms with Crippen molar-refractivity contribution in [3.8, 4) is 11.1 Å². The Morgan fingerprint density at radius 3 is 2.54 bits per heavy atom. The zero-order valence-corrected chi connectivity index (χ0v) is 7.44. The van der Waals surface area contributed by atoms with Gasteiger partial charge in [-0.15, -0.1) is 0 Å². The van der Waals surface area contributed by atoms with E-state index in [0.717, 1.165) is 5.56 Å². The van der Waals surface area contributed by atoms with Gasteiger partial charge in [0.1, 0.15) is 0 Å². The summed E-state index contributed by atoms with van der Waals surface area (Å²) in [5, 5.41) is 0. The summed E-state index contributed by atoms with van der Waals surface area (Å²) in [5.41, 5.74) is 3.51. The van der Waals surface area contributed by atoms with Crippen molar-refractivity contribution >= 4 is 0 Å². The third-order valence-corrected chi connectivity index (χ3v) is 1.99. The Bertz CT molecular complexity index is 396. The molecule has 0 atom stereocenters. The molecule has 2 rings (SSSR count). The molecule has 0 saturated heterocycles. The highest BCUT2D eigenvalue weighted by molar-refractivity contribution is 5.65. The first-order chi connectivity index (χ1) is 6.38. The van der Waals surface area contributed by atoms with Crippen molar-refractivity contribution in [1.29, 1.82) is 0 Å². The molecule has 0 radical (unpaired) electrons. The Kier molecular flexibility index (Phi) is 2.04. The Morgan fingerprint density at radius 2 is 1.85 bits per heavy atom. The highest BCUT2D eigenvalue weighted by Crippen LogP contribution is 2.20. The lowest BCUT2D eigenvalue weighted by molar-refractivity contribution is 1.26. The van der Waals surface area contributed by atoms with E-state index in [4.69, 9.17) is 0 Å². The number of pyridine rings is 2. The third kappa shape index (κ3) is 1.56. The van der Waals surface area contributed by atoms with E-state index in [1.165, 1.54) is 11.1 Å². The fourth-order valence-corrected chi connectivity index (χ4v) is 1.32. The van der Waals surface area contributed by atoms with Crippen LogP contribution in [0.2, 0.25) is 0 Å². The van der Waals surface area contributed by atoms with Crippen molar-refractivity contribution in [2.24, 2.45) is 0 Å². The summed E-state index contributed by atoms with van der Waals surface area (Å²) in [6.45, 7) is 2.05.